The van der Waals surface area contributed by atoms with Gasteiger partial charge in [-0.15, -0.1) is 0 Å². The van der Waals surface area contributed by atoms with E-state index in [2.05, 4.69) is 10.3 Å². The summed E-state index contributed by atoms with van der Waals surface area (Å²) in [4.78, 5) is 25.7. The van der Waals surface area contributed by atoms with Crippen LogP contribution in [0.4, 0.5) is 11.4 Å². The molecule has 1 aliphatic rings. The van der Waals surface area contributed by atoms with Crippen molar-refractivity contribution in [3.63, 3.8) is 0 Å². The standard InChI is InChI=1S/C11H11N3O3S/c1-6-3-8(4-9(7(6)2)14(16)17)12-11-13-10(15)5-18-11/h3-4H,5H2,1-2H3,(H,12,13,15). The van der Waals surface area contributed by atoms with Gasteiger partial charge in [0, 0.05) is 11.6 Å². The molecule has 0 aromatic heterocycles. The minimum absolute atomic E-state index is 0.0451. The molecule has 2 rings (SSSR count). The van der Waals surface area contributed by atoms with Gasteiger partial charge in [-0.3, -0.25) is 14.9 Å². The predicted molar refractivity (Wildman–Crippen MR) is 70.3 cm³/mol. The fourth-order valence-electron chi connectivity index (χ4n) is 1.58. The summed E-state index contributed by atoms with van der Waals surface area (Å²) in [6.07, 6.45) is 0. The number of carbonyl (C=O) groups excluding carboxylic acids is 1. The molecule has 1 aromatic carbocycles. The summed E-state index contributed by atoms with van der Waals surface area (Å²) in [6.45, 7) is 3.50. The Kier molecular flexibility index (Phi) is 3.33. The van der Waals surface area contributed by atoms with Gasteiger partial charge in [0.2, 0.25) is 5.91 Å². The lowest BCUT2D eigenvalue weighted by atomic mass is 10.1. The van der Waals surface area contributed by atoms with Crippen molar-refractivity contribution in [1.82, 2.24) is 5.32 Å². The van der Waals surface area contributed by atoms with E-state index in [0.717, 1.165) is 5.56 Å². The largest absolute Gasteiger partial charge is 0.304 e. The number of nitrogens with one attached hydrogen (secondary N) is 1. The first-order chi connectivity index (χ1) is 8.47. The second-order valence-corrected chi connectivity index (χ2v) is 4.88. The maximum atomic E-state index is 11.0. The number of nitro benzene ring substituents is 1. The second-order valence-electron chi connectivity index (χ2n) is 3.92. The van der Waals surface area contributed by atoms with Gasteiger partial charge in [0.05, 0.1) is 16.4 Å². The smallest absolute Gasteiger partial charge is 0.274 e. The van der Waals surface area contributed by atoms with Crippen molar-refractivity contribution in [3.05, 3.63) is 33.4 Å². The molecule has 1 N–H and O–H groups in total. The van der Waals surface area contributed by atoms with Gasteiger partial charge in [0.25, 0.3) is 5.69 Å². The van der Waals surface area contributed by atoms with Crippen molar-refractivity contribution >= 4 is 34.2 Å². The average molecular weight is 265 g/mol. The third-order valence-corrected chi connectivity index (χ3v) is 3.51. The fraction of sp³-hybridized carbons (Fsp3) is 0.273. The summed E-state index contributed by atoms with van der Waals surface area (Å²) in [6, 6.07) is 3.18. The molecule has 0 spiro atoms. The maximum Gasteiger partial charge on any atom is 0.274 e. The van der Waals surface area contributed by atoms with Gasteiger partial charge < -0.3 is 5.32 Å². The van der Waals surface area contributed by atoms with Crippen molar-refractivity contribution in [2.45, 2.75) is 13.8 Å². The van der Waals surface area contributed by atoms with Crippen LogP contribution in [0, 0.1) is 24.0 Å². The van der Waals surface area contributed by atoms with Crippen LogP contribution in [0.1, 0.15) is 11.1 Å². The minimum atomic E-state index is -0.424. The molecule has 0 unspecified atom stereocenters. The molecule has 1 saturated heterocycles. The van der Waals surface area contributed by atoms with E-state index in [1.807, 2.05) is 0 Å². The Bertz CT molecular complexity index is 569. The first kappa shape index (κ1) is 12.6. The van der Waals surface area contributed by atoms with Crippen LogP contribution in [0.5, 0.6) is 0 Å². The zero-order chi connectivity index (χ0) is 13.3. The van der Waals surface area contributed by atoms with E-state index < -0.39 is 4.92 Å². The summed E-state index contributed by atoms with van der Waals surface area (Å²) in [5, 5.41) is 14.0. The van der Waals surface area contributed by atoms with Crippen molar-refractivity contribution in [1.29, 1.82) is 0 Å². The Morgan fingerprint density at radius 3 is 2.72 bits per heavy atom. The Morgan fingerprint density at radius 1 is 1.44 bits per heavy atom. The van der Waals surface area contributed by atoms with Crippen LogP contribution in [-0.2, 0) is 4.79 Å². The molecule has 7 heteroatoms. The summed E-state index contributed by atoms with van der Waals surface area (Å²) >= 11 is 1.29. The Hall–Kier alpha value is -1.89. The minimum Gasteiger partial charge on any atom is -0.304 e. The van der Waals surface area contributed by atoms with Crippen molar-refractivity contribution in [2.75, 3.05) is 5.75 Å². The van der Waals surface area contributed by atoms with Crippen LogP contribution in [0.3, 0.4) is 0 Å². The predicted octanol–water partition coefficient (Wildman–Crippen LogP) is 2.06. The molecule has 0 aliphatic carbocycles. The third kappa shape index (κ3) is 2.51. The number of aryl methyl sites for hydroxylation is 1. The molecule has 1 aromatic rings. The number of carbonyl (C=O) groups is 1. The summed E-state index contributed by atoms with van der Waals surface area (Å²) in [7, 11) is 0. The number of hydrogen-bond acceptors (Lipinski definition) is 5. The molecule has 94 valence electrons. The average Bonchev–Trinajstić information content (AvgIpc) is 2.68. The van der Waals surface area contributed by atoms with E-state index in [1.165, 1.54) is 17.8 Å². The maximum absolute atomic E-state index is 11.0. The monoisotopic (exact) mass is 265 g/mol. The van der Waals surface area contributed by atoms with Gasteiger partial charge in [-0.25, -0.2) is 4.99 Å². The van der Waals surface area contributed by atoms with Crippen LogP contribution in [0.15, 0.2) is 17.1 Å². The molecule has 1 fully saturated rings. The molecule has 0 radical (unpaired) electrons. The van der Waals surface area contributed by atoms with Crippen molar-refractivity contribution in [3.8, 4) is 0 Å². The molecule has 0 saturated carbocycles. The highest BCUT2D eigenvalue weighted by Gasteiger charge is 2.18. The van der Waals surface area contributed by atoms with E-state index in [9.17, 15) is 14.9 Å². The fourth-order valence-corrected chi connectivity index (χ4v) is 2.28. The normalized spacial score (nSPS) is 17.0. The van der Waals surface area contributed by atoms with Gasteiger partial charge in [-0.1, -0.05) is 11.8 Å². The van der Waals surface area contributed by atoms with Crippen LogP contribution in [0.25, 0.3) is 0 Å². The van der Waals surface area contributed by atoms with Crippen molar-refractivity contribution < 1.29 is 9.72 Å². The van der Waals surface area contributed by atoms with Gasteiger partial charge >= 0.3 is 0 Å². The highest BCUT2D eigenvalue weighted by Crippen LogP contribution is 2.28. The summed E-state index contributed by atoms with van der Waals surface area (Å²) in [5.41, 5.74) is 1.96. The SMILES string of the molecule is Cc1cc(N=C2NC(=O)CS2)cc([N+](=O)[O-])c1C. The number of aliphatic imine (C=N–C) groups is 1. The van der Waals surface area contributed by atoms with Gasteiger partial charge in [0.15, 0.2) is 5.17 Å². The topological polar surface area (TPSA) is 84.6 Å². The lowest BCUT2D eigenvalue weighted by Gasteiger charge is -2.04. The van der Waals surface area contributed by atoms with E-state index in [4.69, 9.17) is 0 Å². The van der Waals surface area contributed by atoms with Crippen LogP contribution < -0.4 is 5.32 Å². The van der Waals surface area contributed by atoms with Gasteiger partial charge in [-0.2, -0.15) is 0 Å². The highest BCUT2D eigenvalue weighted by atomic mass is 32.2. The lowest BCUT2D eigenvalue weighted by Crippen LogP contribution is -2.19. The third-order valence-electron chi connectivity index (χ3n) is 2.64. The van der Waals surface area contributed by atoms with Gasteiger partial charge in [0.1, 0.15) is 0 Å². The zero-order valence-corrected chi connectivity index (χ0v) is 10.7. The number of rotatable bonds is 2. The quantitative estimate of drug-likeness (QED) is 0.655. The zero-order valence-electron chi connectivity index (χ0n) is 9.89. The number of thioether (sulfide) groups is 1. The van der Waals surface area contributed by atoms with E-state index >= 15 is 0 Å². The summed E-state index contributed by atoms with van der Waals surface area (Å²) in [5.74, 6) is 0.239. The number of hydrogen-bond donors (Lipinski definition) is 1. The molecule has 1 aliphatic heterocycles. The molecule has 1 heterocycles. The van der Waals surface area contributed by atoms with Crippen LogP contribution in [0.2, 0.25) is 0 Å². The second kappa shape index (κ2) is 4.77. The van der Waals surface area contributed by atoms with E-state index in [-0.39, 0.29) is 11.6 Å². The first-order valence-electron chi connectivity index (χ1n) is 5.24. The lowest BCUT2D eigenvalue weighted by molar-refractivity contribution is -0.385. The first-order valence-corrected chi connectivity index (χ1v) is 6.23. The molecule has 6 nitrogen and oxygen atoms in total. The highest BCUT2D eigenvalue weighted by molar-refractivity contribution is 8.15. The van der Waals surface area contributed by atoms with Crippen LogP contribution in [-0.4, -0.2) is 21.8 Å². The Labute approximate surface area is 108 Å². The van der Waals surface area contributed by atoms with Gasteiger partial charge in [-0.05, 0) is 25.5 Å². The molecule has 1 amide bonds. The number of amides is 1. The number of nitrogens with zero attached hydrogens (tertiary/aromatic N) is 2. The number of benzene rings is 1. The Balaban J connectivity index is 2.40. The van der Waals surface area contributed by atoms with E-state index in [0.29, 0.717) is 22.2 Å². The van der Waals surface area contributed by atoms with E-state index in [1.54, 1.807) is 19.9 Å². The molecular formula is C11H11N3O3S. The van der Waals surface area contributed by atoms with Crippen LogP contribution >= 0.6 is 11.8 Å². The van der Waals surface area contributed by atoms with Crippen molar-refractivity contribution in [2.24, 2.45) is 4.99 Å². The molecular weight excluding hydrogens is 254 g/mol. The molecule has 0 bridgehead atoms. The number of amidine groups is 1. The Morgan fingerprint density at radius 2 is 2.17 bits per heavy atom. The molecule has 0 atom stereocenters. The number of nitro groups is 1. The summed E-state index contributed by atoms with van der Waals surface area (Å²) < 4.78 is 0. The molecule has 18 heavy (non-hydrogen) atoms.